The number of unbranched alkanes of at least 4 members (excludes halogenated alkanes) is 2. The van der Waals surface area contributed by atoms with Gasteiger partial charge in [-0.15, -0.1) is 10.2 Å². The highest BCUT2D eigenvalue weighted by Crippen LogP contribution is 2.32. The van der Waals surface area contributed by atoms with Crippen molar-refractivity contribution in [3.05, 3.63) is 52.8 Å². The van der Waals surface area contributed by atoms with Crippen LogP contribution in [0, 0.1) is 10.2 Å². The Morgan fingerprint density at radius 1 is 0.939 bits per heavy atom. The van der Waals surface area contributed by atoms with Crippen LogP contribution in [-0.2, 0) is 0 Å². The van der Waals surface area contributed by atoms with Gasteiger partial charge in [0.25, 0.3) is 0 Å². The van der Waals surface area contributed by atoms with Crippen molar-refractivity contribution < 1.29 is 52.9 Å². The molecule has 33 heavy (non-hydrogen) atoms. The van der Waals surface area contributed by atoms with Gasteiger partial charge in [-0.2, -0.15) is 0 Å². The minimum atomic E-state index is -4.94. The van der Waals surface area contributed by atoms with Gasteiger partial charge < -0.3 is 19.0 Å². The molecule has 0 unspecified atom stereocenters. The number of fused-ring (bicyclic) bond motifs is 1. The van der Waals surface area contributed by atoms with E-state index in [1.807, 2.05) is 42.5 Å². The first-order valence-electron chi connectivity index (χ1n) is 9.91. The van der Waals surface area contributed by atoms with Crippen LogP contribution in [-0.4, -0.2) is 32.5 Å². The van der Waals surface area contributed by atoms with E-state index in [0.29, 0.717) is 22.3 Å². The fraction of sp³-hybridized carbons (Fsp3) is 0.318. The molecule has 0 bridgehead atoms. The lowest BCUT2D eigenvalue weighted by atomic mass is 10.1. The first-order valence-corrected chi connectivity index (χ1v) is 11.5. The number of rotatable bonds is 8. The van der Waals surface area contributed by atoms with E-state index in [0.717, 1.165) is 47.7 Å². The molecule has 2 N–H and O–H groups in total. The largest absolute Gasteiger partial charge is 0.493 e. The van der Waals surface area contributed by atoms with E-state index in [9.17, 15) is 0 Å². The Morgan fingerprint density at radius 3 is 2.27 bits per heavy atom. The molecular weight excluding hydrogens is 477 g/mol. The van der Waals surface area contributed by atoms with Crippen LogP contribution in [0.3, 0.4) is 0 Å². The Bertz CT molecular complexity index is 1110. The van der Waals surface area contributed by atoms with Crippen molar-refractivity contribution in [1.29, 1.82) is 0 Å². The topological polar surface area (TPSA) is 158 Å². The first kappa shape index (κ1) is 26.9. The second-order valence-corrected chi connectivity index (χ2v) is 8.02. The van der Waals surface area contributed by atoms with Gasteiger partial charge in [-0.05, 0) is 49.2 Å². The molecule has 0 amide bonds. The van der Waals surface area contributed by atoms with Crippen molar-refractivity contribution in [2.75, 3.05) is 27.4 Å². The molecule has 0 atom stereocenters. The Morgan fingerprint density at radius 2 is 1.64 bits per heavy atom. The van der Waals surface area contributed by atoms with E-state index in [-0.39, 0.29) is 6.61 Å². The third-order valence-electron chi connectivity index (χ3n) is 4.55. The molecule has 3 rings (SSSR count). The van der Waals surface area contributed by atoms with Crippen LogP contribution in [0.2, 0.25) is 5.02 Å². The van der Waals surface area contributed by atoms with Crippen LogP contribution in [0.15, 0.2) is 46.9 Å². The fourth-order valence-electron chi connectivity index (χ4n) is 3.07. The summed E-state index contributed by atoms with van der Waals surface area (Å²) in [6, 6.07) is 13.3. The van der Waals surface area contributed by atoms with Crippen LogP contribution < -0.4 is 38.5 Å². The molecule has 0 spiro atoms. The molecule has 1 heterocycles. The van der Waals surface area contributed by atoms with Crippen molar-refractivity contribution >= 4 is 22.6 Å². The zero-order valence-electron chi connectivity index (χ0n) is 18.1. The predicted octanol–water partition coefficient (Wildman–Crippen LogP) is -1.84. The zero-order valence-corrected chi connectivity index (χ0v) is 19.6. The highest BCUT2D eigenvalue weighted by Gasteiger charge is 2.12. The highest BCUT2D eigenvalue weighted by atomic mass is 35.7. The van der Waals surface area contributed by atoms with Crippen LogP contribution >= 0.6 is 11.6 Å². The molecule has 0 fully saturated rings. The van der Waals surface area contributed by atoms with Gasteiger partial charge in [0.15, 0.2) is 11.5 Å². The molecule has 0 radical (unpaired) electrons. The van der Waals surface area contributed by atoms with Crippen molar-refractivity contribution in [2.24, 2.45) is 0 Å². The summed E-state index contributed by atoms with van der Waals surface area (Å²) in [5.74, 6) is 2.03. The van der Waals surface area contributed by atoms with Crippen LogP contribution in [0.25, 0.3) is 22.3 Å². The Labute approximate surface area is 197 Å². The van der Waals surface area contributed by atoms with Gasteiger partial charge in [0.1, 0.15) is 17.9 Å². The third-order valence-corrected chi connectivity index (χ3v) is 4.78. The summed E-state index contributed by atoms with van der Waals surface area (Å²) in [6.45, 7) is 1.03. The van der Waals surface area contributed by atoms with Gasteiger partial charge in [0, 0.05) is 23.6 Å². The molecule has 0 aliphatic rings. The summed E-state index contributed by atoms with van der Waals surface area (Å²) in [5, 5.41) is 11.5. The molecule has 2 aromatic carbocycles. The molecule has 0 saturated carbocycles. The summed E-state index contributed by atoms with van der Waals surface area (Å²) < 4.78 is 50.8. The van der Waals surface area contributed by atoms with Crippen LogP contribution in [0.1, 0.15) is 19.3 Å². The van der Waals surface area contributed by atoms with Crippen molar-refractivity contribution in [3.8, 4) is 22.8 Å². The maximum Gasteiger partial charge on any atom is 0.213 e. The van der Waals surface area contributed by atoms with E-state index < -0.39 is 10.2 Å². The number of nitrogens with one attached hydrogen (secondary N) is 1. The van der Waals surface area contributed by atoms with Gasteiger partial charge in [-0.1, -0.05) is 11.6 Å². The van der Waals surface area contributed by atoms with Gasteiger partial charge in [-0.3, -0.25) is 0 Å². The Hall–Kier alpha value is -2.37. The summed E-state index contributed by atoms with van der Waals surface area (Å²) in [4.78, 5) is 3.48. The van der Waals surface area contributed by atoms with Crippen molar-refractivity contribution in [1.82, 2.24) is 0 Å². The fourth-order valence-corrected chi connectivity index (χ4v) is 3.25. The molecule has 0 aliphatic carbocycles. The standard InChI is InChI=1S/C22H24ClNO4.ClHO4/c1-26-20-8-6-15(12-22(20)27-2)21-14-18(24-10-4-3-5-11-25)17-13-16(23)7-9-19(17)28-21;2-1(3,4)5/h6-9,12-14,25H,3-5,10-11H2,1-2H3;(H,2,3,4,5). The summed E-state index contributed by atoms with van der Waals surface area (Å²) in [5.41, 5.74) is 1.63. The molecule has 180 valence electrons. The maximum atomic E-state index is 8.93. The first-order chi connectivity index (χ1) is 15.7. The smallest absolute Gasteiger partial charge is 0.213 e. The second-order valence-electron chi connectivity index (χ2n) is 6.82. The maximum absolute atomic E-state index is 8.93. The van der Waals surface area contributed by atoms with E-state index >= 15 is 0 Å². The number of benzene rings is 2. The Balaban J connectivity index is 0.000000696. The number of methoxy groups -OCH3 is 2. The Kier molecular flexibility index (Phi) is 10.4. The van der Waals surface area contributed by atoms with E-state index in [1.54, 1.807) is 14.2 Å². The quantitative estimate of drug-likeness (QED) is 0.340. The summed E-state index contributed by atoms with van der Waals surface area (Å²) >= 11 is 6.20. The van der Waals surface area contributed by atoms with Gasteiger partial charge >= 0.3 is 0 Å². The van der Waals surface area contributed by atoms with E-state index in [2.05, 4.69) is 4.99 Å². The number of aliphatic hydroxyl groups excluding tert-OH is 1. The third kappa shape index (κ3) is 8.82. The van der Waals surface area contributed by atoms with Crippen molar-refractivity contribution in [2.45, 2.75) is 19.3 Å². The van der Waals surface area contributed by atoms with E-state index in [4.69, 9.17) is 49.2 Å². The highest BCUT2D eigenvalue weighted by molar-refractivity contribution is 6.31. The number of hydrogen-bond donors (Lipinski definition) is 2. The number of ether oxygens (including phenoxy) is 2. The molecule has 1 aromatic heterocycles. The van der Waals surface area contributed by atoms with Crippen LogP contribution in [0.5, 0.6) is 11.5 Å². The second kappa shape index (κ2) is 12.8. The molecule has 9 nitrogen and oxygen atoms in total. The summed E-state index contributed by atoms with van der Waals surface area (Å²) in [7, 11) is -1.72. The number of hydrogen-bond acceptors (Lipinski definition) is 8. The zero-order chi connectivity index (χ0) is 24.4. The molecule has 0 aliphatic heterocycles. The predicted molar refractivity (Wildman–Crippen MR) is 110 cm³/mol. The summed E-state index contributed by atoms with van der Waals surface area (Å²) in [6.07, 6.45) is 2.76. The van der Waals surface area contributed by atoms with Crippen molar-refractivity contribution in [3.63, 3.8) is 0 Å². The molecular formula is C22H25Cl2NO8. The molecule has 11 heteroatoms. The normalized spacial score (nSPS) is 11.8. The number of halogens is 2. The monoisotopic (exact) mass is 501 g/mol. The SMILES string of the molecule is COc1ccc(-c2cc(=[NH+]CCCCCO)c3cc(Cl)ccc3o2)cc1OC.[O-][Cl+3]([O-])([O-])[O-]. The lowest BCUT2D eigenvalue weighted by Gasteiger charge is -2.17. The lowest BCUT2D eigenvalue weighted by molar-refractivity contribution is -2.00. The number of aliphatic hydroxyl groups is 1. The lowest BCUT2D eigenvalue weighted by Crippen LogP contribution is -2.76. The minimum absolute atomic E-state index is 0.228. The average Bonchev–Trinajstić information content (AvgIpc) is 2.77. The van der Waals surface area contributed by atoms with Crippen LogP contribution in [0.4, 0.5) is 0 Å². The van der Waals surface area contributed by atoms with E-state index in [1.165, 1.54) is 0 Å². The van der Waals surface area contributed by atoms with Gasteiger partial charge in [0.05, 0.1) is 25.7 Å². The minimum Gasteiger partial charge on any atom is -0.493 e. The molecule has 0 saturated heterocycles. The van der Waals surface area contributed by atoms with Gasteiger partial charge in [0.2, 0.25) is 5.36 Å². The average molecular weight is 502 g/mol. The van der Waals surface area contributed by atoms with Gasteiger partial charge in [-0.25, -0.2) is 23.6 Å². The molecule has 3 aromatic rings.